The normalized spacial score (nSPS) is 17.7. The van der Waals surface area contributed by atoms with Crippen molar-refractivity contribution < 1.29 is 27.8 Å². The third-order valence-electron chi connectivity index (χ3n) is 7.61. The number of nitrogens with one attached hydrogen (secondary N) is 1. The highest BCUT2D eigenvalue weighted by atomic mass is 79.9. The van der Waals surface area contributed by atoms with E-state index in [1.54, 1.807) is 54.6 Å². The number of aliphatic imine (C=N–C) groups is 1. The molecule has 0 fully saturated rings. The molecule has 0 unspecified atom stereocenters. The first-order chi connectivity index (χ1) is 21.8. The first kappa shape index (κ1) is 32.4. The summed E-state index contributed by atoms with van der Waals surface area (Å²) >= 11 is 3.62. The number of hydrogen-bond donors (Lipinski definition) is 2. The van der Waals surface area contributed by atoms with Crippen LogP contribution in [0.15, 0.2) is 124 Å². The zero-order valence-electron chi connectivity index (χ0n) is 24.6. The van der Waals surface area contributed by atoms with E-state index in [2.05, 4.69) is 21.2 Å². The van der Waals surface area contributed by atoms with Crippen molar-refractivity contribution in [3.63, 3.8) is 0 Å². The third-order valence-corrected chi connectivity index (χ3v) is 10.1. The van der Waals surface area contributed by atoms with Crippen LogP contribution in [-0.2, 0) is 25.8 Å². The van der Waals surface area contributed by atoms with Crippen molar-refractivity contribution in [1.29, 1.82) is 0 Å². The Balaban J connectivity index is 1.52. The van der Waals surface area contributed by atoms with Gasteiger partial charge in [-0.05, 0) is 54.4 Å². The van der Waals surface area contributed by atoms with Gasteiger partial charge < -0.3 is 19.9 Å². The van der Waals surface area contributed by atoms with Crippen molar-refractivity contribution in [2.24, 2.45) is 4.99 Å². The van der Waals surface area contributed by atoms with Gasteiger partial charge in [-0.25, -0.2) is 13.4 Å². The zero-order chi connectivity index (χ0) is 31.7. The molecular weight excluding hydrogens is 656 g/mol. The fraction of sp³-hybridized carbons (Fsp3) is 0.257. The van der Waals surface area contributed by atoms with Gasteiger partial charge in [0.05, 0.1) is 17.3 Å². The lowest BCUT2D eigenvalue weighted by Crippen LogP contribution is -2.49. The highest BCUT2D eigenvalue weighted by Gasteiger charge is 2.54. The number of nitrogens with zero attached hydrogens (tertiary/aromatic N) is 1. The summed E-state index contributed by atoms with van der Waals surface area (Å²) in [6.45, 7) is 0.748. The van der Waals surface area contributed by atoms with Crippen molar-refractivity contribution in [1.82, 2.24) is 5.32 Å². The zero-order valence-corrected chi connectivity index (χ0v) is 27.0. The average molecular weight is 692 g/mol. The number of rotatable bonds is 14. The SMILES string of the molecule is O=C(NCCc1ccccc1)[C@]1(CCS(=O)(=O)c2ccccc2)N=C(c2ccc(OCCCO)cc2)O[C@@H]1c1ccccc1Br. The van der Waals surface area contributed by atoms with E-state index in [0.717, 1.165) is 5.56 Å². The Labute approximate surface area is 272 Å². The molecule has 45 heavy (non-hydrogen) atoms. The highest BCUT2D eigenvalue weighted by molar-refractivity contribution is 9.10. The van der Waals surface area contributed by atoms with Gasteiger partial charge in [0.1, 0.15) is 5.75 Å². The lowest BCUT2D eigenvalue weighted by Gasteiger charge is -2.31. The first-order valence-electron chi connectivity index (χ1n) is 14.8. The summed E-state index contributed by atoms with van der Waals surface area (Å²) in [4.78, 5) is 19.5. The molecule has 2 N–H and O–H groups in total. The largest absolute Gasteiger partial charge is 0.494 e. The minimum atomic E-state index is -3.75. The summed E-state index contributed by atoms with van der Waals surface area (Å²) in [6, 6.07) is 32.5. The topological polar surface area (TPSA) is 114 Å². The van der Waals surface area contributed by atoms with Crippen LogP contribution in [0, 0.1) is 0 Å². The maximum absolute atomic E-state index is 14.3. The van der Waals surface area contributed by atoms with E-state index in [4.69, 9.17) is 19.6 Å². The molecular formula is C35H35BrN2O6S. The summed E-state index contributed by atoms with van der Waals surface area (Å²) in [5.74, 6) is 0.114. The van der Waals surface area contributed by atoms with Crippen molar-refractivity contribution in [2.75, 3.05) is 25.5 Å². The number of aliphatic hydroxyl groups is 1. The molecule has 0 bridgehead atoms. The monoisotopic (exact) mass is 690 g/mol. The number of carbonyl (C=O) groups is 1. The van der Waals surface area contributed by atoms with Gasteiger partial charge >= 0.3 is 0 Å². The predicted molar refractivity (Wildman–Crippen MR) is 177 cm³/mol. The predicted octanol–water partition coefficient (Wildman–Crippen LogP) is 5.69. The highest BCUT2D eigenvalue weighted by Crippen LogP contribution is 2.45. The van der Waals surface area contributed by atoms with Crippen molar-refractivity contribution >= 4 is 37.6 Å². The van der Waals surface area contributed by atoms with E-state index in [1.165, 1.54) is 0 Å². The molecule has 1 aliphatic heterocycles. The second kappa shape index (κ2) is 14.9. The number of sulfone groups is 1. The van der Waals surface area contributed by atoms with Gasteiger partial charge in [0.15, 0.2) is 21.5 Å². The maximum Gasteiger partial charge on any atom is 0.252 e. The molecule has 1 heterocycles. The molecule has 0 aliphatic carbocycles. The lowest BCUT2D eigenvalue weighted by atomic mass is 9.85. The maximum atomic E-state index is 14.3. The molecule has 5 rings (SSSR count). The Hall–Kier alpha value is -3.99. The minimum Gasteiger partial charge on any atom is -0.494 e. The molecule has 0 saturated carbocycles. The van der Waals surface area contributed by atoms with Crippen LogP contribution in [0.3, 0.4) is 0 Å². The van der Waals surface area contributed by atoms with Crippen LogP contribution in [0.25, 0.3) is 0 Å². The molecule has 1 aliphatic rings. The summed E-state index contributed by atoms with van der Waals surface area (Å²) in [5, 5.41) is 12.1. The van der Waals surface area contributed by atoms with E-state index in [9.17, 15) is 13.2 Å². The summed E-state index contributed by atoms with van der Waals surface area (Å²) in [6.07, 6.45) is 0.0872. The van der Waals surface area contributed by atoms with Gasteiger partial charge in [0, 0.05) is 41.6 Å². The number of amides is 1. The number of benzene rings is 4. The number of halogens is 1. The first-order valence-corrected chi connectivity index (χ1v) is 17.2. The molecule has 0 spiro atoms. The van der Waals surface area contributed by atoms with Gasteiger partial charge in [0.2, 0.25) is 5.90 Å². The molecule has 8 nitrogen and oxygen atoms in total. The molecule has 0 saturated heterocycles. The minimum absolute atomic E-state index is 0.0364. The van der Waals surface area contributed by atoms with Crippen LogP contribution in [0.4, 0.5) is 0 Å². The van der Waals surface area contributed by atoms with Gasteiger partial charge in [-0.2, -0.15) is 0 Å². The van der Waals surface area contributed by atoms with Gasteiger partial charge in [-0.3, -0.25) is 4.79 Å². The van der Waals surface area contributed by atoms with Crippen molar-refractivity contribution in [3.05, 3.63) is 130 Å². The lowest BCUT2D eigenvalue weighted by molar-refractivity contribution is -0.129. The molecule has 2 atom stereocenters. The molecule has 0 aromatic heterocycles. The van der Waals surface area contributed by atoms with Gasteiger partial charge in [-0.15, -0.1) is 0 Å². The Kier molecular flexibility index (Phi) is 10.7. The molecule has 1 amide bonds. The van der Waals surface area contributed by atoms with E-state index in [-0.39, 0.29) is 29.6 Å². The third kappa shape index (κ3) is 7.81. The van der Waals surface area contributed by atoms with E-state index in [1.807, 2.05) is 54.6 Å². The fourth-order valence-electron chi connectivity index (χ4n) is 5.19. The van der Waals surface area contributed by atoms with E-state index in [0.29, 0.717) is 47.3 Å². The van der Waals surface area contributed by atoms with Crippen molar-refractivity contribution in [2.45, 2.75) is 35.8 Å². The van der Waals surface area contributed by atoms with Gasteiger partial charge in [0.25, 0.3) is 5.91 Å². The number of hydrogen-bond acceptors (Lipinski definition) is 7. The fourth-order valence-corrected chi connectivity index (χ4v) is 7.07. The smallest absolute Gasteiger partial charge is 0.252 e. The molecule has 10 heteroatoms. The van der Waals surface area contributed by atoms with Crippen LogP contribution in [0.5, 0.6) is 5.75 Å². The second-order valence-corrected chi connectivity index (χ2v) is 13.6. The van der Waals surface area contributed by atoms with Crippen molar-refractivity contribution in [3.8, 4) is 5.75 Å². The average Bonchev–Trinajstić information content (AvgIpc) is 3.46. The molecule has 4 aromatic rings. The van der Waals surface area contributed by atoms with Crippen LogP contribution >= 0.6 is 15.9 Å². The number of carbonyl (C=O) groups excluding carboxylic acids is 1. The summed E-state index contributed by atoms with van der Waals surface area (Å²) in [7, 11) is -3.75. The van der Waals surface area contributed by atoms with Crippen LogP contribution in [0.2, 0.25) is 0 Å². The Morgan fingerprint density at radius 1 is 0.933 bits per heavy atom. The second-order valence-electron chi connectivity index (χ2n) is 10.7. The standard InChI is InChI=1S/C35H35BrN2O6S/c36-31-15-8-7-14-30(31)32-35(21-25-45(41,42)29-12-5-2-6-13-29,34(40)37-22-20-26-10-3-1-4-11-26)38-33(44-32)27-16-18-28(19-17-27)43-24-9-23-39/h1-8,10-19,32,39H,9,20-25H2,(H,37,40)/t32-,35-/m1/s1. The molecule has 0 radical (unpaired) electrons. The van der Waals surface area contributed by atoms with Crippen LogP contribution in [-0.4, -0.2) is 56.4 Å². The Morgan fingerprint density at radius 3 is 2.29 bits per heavy atom. The Bertz CT molecular complexity index is 1720. The molecule has 4 aromatic carbocycles. The summed E-state index contributed by atoms with van der Waals surface area (Å²) < 4.78 is 39.9. The summed E-state index contributed by atoms with van der Waals surface area (Å²) in [5.41, 5.74) is 0.768. The Morgan fingerprint density at radius 2 is 1.60 bits per heavy atom. The van der Waals surface area contributed by atoms with Gasteiger partial charge in [-0.1, -0.05) is 82.7 Å². The number of ether oxygens (including phenoxy) is 2. The number of aliphatic hydroxyl groups excluding tert-OH is 1. The quantitative estimate of drug-likeness (QED) is 0.164. The van der Waals surface area contributed by atoms with E-state index >= 15 is 0 Å². The van der Waals surface area contributed by atoms with E-state index < -0.39 is 27.4 Å². The van der Waals surface area contributed by atoms with Crippen LogP contribution in [0.1, 0.15) is 35.6 Å². The molecule has 234 valence electrons. The van der Waals surface area contributed by atoms with Crippen LogP contribution < -0.4 is 10.1 Å².